The highest BCUT2D eigenvalue weighted by Crippen LogP contribution is 2.42. The van der Waals surface area contributed by atoms with Crippen molar-refractivity contribution < 1.29 is 4.79 Å². The van der Waals surface area contributed by atoms with Gasteiger partial charge < -0.3 is 0 Å². The maximum Gasteiger partial charge on any atom is 0.164 e. The number of fused-ring (bicyclic) bond motifs is 1. The Kier molecular flexibility index (Phi) is 3.67. The Morgan fingerprint density at radius 2 is 2.06 bits per heavy atom. The first-order valence-corrected chi connectivity index (χ1v) is 7.00. The van der Waals surface area contributed by atoms with Gasteiger partial charge in [-0.25, -0.2) is 4.99 Å². The smallest absolute Gasteiger partial charge is 0.164 e. The summed E-state index contributed by atoms with van der Waals surface area (Å²) >= 11 is 1.81. The molecule has 2 nitrogen and oxygen atoms in total. The number of rotatable bonds is 3. The Balaban J connectivity index is 2.51. The number of hydrogen-bond donors (Lipinski definition) is 0. The second-order valence-corrected chi connectivity index (χ2v) is 5.38. The van der Waals surface area contributed by atoms with Gasteiger partial charge in [-0.3, -0.25) is 4.79 Å². The highest BCUT2D eigenvalue weighted by atomic mass is 32.2. The molecule has 0 spiro atoms. The van der Waals surface area contributed by atoms with Crippen molar-refractivity contribution in [3.63, 3.8) is 0 Å². The SMILES string of the molecule is CCC1(CC)CSc2ccccc2N=C1C=O. The summed E-state index contributed by atoms with van der Waals surface area (Å²) < 4.78 is 0. The predicted octanol–water partition coefficient (Wildman–Crippen LogP) is 3.87. The maximum atomic E-state index is 11.3. The summed E-state index contributed by atoms with van der Waals surface area (Å²) in [6.07, 6.45) is 2.86. The number of benzene rings is 1. The Bertz CT molecular complexity index is 449. The van der Waals surface area contributed by atoms with E-state index < -0.39 is 0 Å². The van der Waals surface area contributed by atoms with Crippen LogP contribution in [0.4, 0.5) is 5.69 Å². The Labute approximate surface area is 107 Å². The second kappa shape index (κ2) is 5.05. The number of hydrogen-bond acceptors (Lipinski definition) is 3. The third kappa shape index (κ3) is 2.16. The molecule has 1 aromatic carbocycles. The summed E-state index contributed by atoms with van der Waals surface area (Å²) in [4.78, 5) is 17.1. The standard InChI is InChI=1S/C14H17NOS/c1-3-14(4-2)10-17-12-8-6-5-7-11(12)15-13(14)9-16/h5-9H,3-4,10H2,1-2H3. The molecule has 90 valence electrons. The third-order valence-corrected chi connectivity index (χ3v) is 4.97. The number of aldehydes is 1. The molecule has 3 heteroatoms. The van der Waals surface area contributed by atoms with E-state index >= 15 is 0 Å². The predicted molar refractivity (Wildman–Crippen MR) is 73.3 cm³/mol. The monoisotopic (exact) mass is 247 g/mol. The van der Waals surface area contributed by atoms with Gasteiger partial charge in [-0.05, 0) is 25.0 Å². The number of carbonyl (C=O) groups is 1. The highest BCUT2D eigenvalue weighted by molar-refractivity contribution is 7.99. The molecule has 17 heavy (non-hydrogen) atoms. The van der Waals surface area contributed by atoms with E-state index in [1.54, 1.807) is 0 Å². The maximum absolute atomic E-state index is 11.3. The molecule has 0 unspecified atom stereocenters. The van der Waals surface area contributed by atoms with Gasteiger partial charge >= 0.3 is 0 Å². The van der Waals surface area contributed by atoms with Crippen LogP contribution in [-0.4, -0.2) is 17.8 Å². The molecule has 1 aliphatic heterocycles. The van der Waals surface area contributed by atoms with E-state index in [0.29, 0.717) is 5.71 Å². The third-order valence-electron chi connectivity index (χ3n) is 3.62. The number of para-hydroxylation sites is 1. The van der Waals surface area contributed by atoms with Crippen LogP contribution >= 0.6 is 11.8 Å². The fraction of sp³-hybridized carbons (Fsp3) is 0.429. The minimum Gasteiger partial charge on any atom is -0.297 e. The highest BCUT2D eigenvalue weighted by Gasteiger charge is 2.34. The Hall–Kier alpha value is -1.09. The van der Waals surface area contributed by atoms with E-state index in [1.807, 2.05) is 30.0 Å². The van der Waals surface area contributed by atoms with Crippen LogP contribution in [0.2, 0.25) is 0 Å². The van der Waals surface area contributed by atoms with Gasteiger partial charge in [0.1, 0.15) is 0 Å². The molecule has 2 rings (SSSR count). The first-order chi connectivity index (χ1) is 8.25. The Morgan fingerprint density at radius 1 is 1.35 bits per heavy atom. The molecular formula is C14H17NOS. The number of aliphatic imine (C=N–C) groups is 1. The molecule has 0 N–H and O–H groups in total. The van der Waals surface area contributed by atoms with Crippen LogP contribution in [0, 0.1) is 5.41 Å². The lowest BCUT2D eigenvalue weighted by atomic mass is 9.80. The van der Waals surface area contributed by atoms with Crippen LogP contribution in [0.15, 0.2) is 34.2 Å². The molecule has 1 aromatic rings. The van der Waals surface area contributed by atoms with Crippen LogP contribution in [-0.2, 0) is 4.79 Å². The zero-order valence-electron chi connectivity index (χ0n) is 10.3. The largest absolute Gasteiger partial charge is 0.297 e. The van der Waals surface area contributed by atoms with Gasteiger partial charge in [0.2, 0.25) is 0 Å². The minimum absolute atomic E-state index is 0.0641. The molecule has 0 aromatic heterocycles. The van der Waals surface area contributed by atoms with Crippen molar-refractivity contribution in [2.45, 2.75) is 31.6 Å². The van der Waals surface area contributed by atoms with Crippen molar-refractivity contribution in [2.75, 3.05) is 5.75 Å². The molecule has 0 amide bonds. The second-order valence-electron chi connectivity index (χ2n) is 4.36. The first-order valence-electron chi connectivity index (χ1n) is 6.02. The zero-order valence-corrected chi connectivity index (χ0v) is 11.1. The Morgan fingerprint density at radius 3 is 2.71 bits per heavy atom. The van der Waals surface area contributed by atoms with Crippen LogP contribution in [0.1, 0.15) is 26.7 Å². The summed E-state index contributed by atoms with van der Waals surface area (Å²) in [7, 11) is 0. The van der Waals surface area contributed by atoms with Gasteiger partial charge in [-0.1, -0.05) is 26.0 Å². The molecule has 1 aliphatic rings. The summed E-state index contributed by atoms with van der Waals surface area (Å²) in [6.45, 7) is 4.28. The lowest BCUT2D eigenvalue weighted by Gasteiger charge is -2.28. The van der Waals surface area contributed by atoms with Gasteiger partial charge in [-0.2, -0.15) is 0 Å². The average Bonchev–Trinajstić information content (AvgIpc) is 2.55. The summed E-state index contributed by atoms with van der Waals surface area (Å²) in [5, 5.41) is 0. The van der Waals surface area contributed by atoms with Crippen molar-refractivity contribution in [3.8, 4) is 0 Å². The van der Waals surface area contributed by atoms with Crippen molar-refractivity contribution in [3.05, 3.63) is 24.3 Å². The van der Waals surface area contributed by atoms with E-state index in [9.17, 15) is 4.79 Å². The molecule has 0 saturated heterocycles. The van der Waals surface area contributed by atoms with Gasteiger partial charge in [-0.15, -0.1) is 11.8 Å². The van der Waals surface area contributed by atoms with E-state index in [0.717, 1.165) is 30.6 Å². The molecule has 0 saturated carbocycles. The summed E-state index contributed by atoms with van der Waals surface area (Å²) in [5.41, 5.74) is 1.58. The molecule has 1 heterocycles. The molecular weight excluding hydrogens is 230 g/mol. The van der Waals surface area contributed by atoms with Crippen LogP contribution in [0.5, 0.6) is 0 Å². The van der Waals surface area contributed by atoms with Gasteiger partial charge in [0, 0.05) is 16.1 Å². The number of carbonyl (C=O) groups excluding carboxylic acids is 1. The van der Waals surface area contributed by atoms with Crippen LogP contribution in [0.3, 0.4) is 0 Å². The average molecular weight is 247 g/mol. The van der Waals surface area contributed by atoms with Crippen molar-refractivity contribution in [1.82, 2.24) is 0 Å². The van der Waals surface area contributed by atoms with Crippen LogP contribution < -0.4 is 0 Å². The molecule has 0 fully saturated rings. The minimum atomic E-state index is -0.0641. The number of thioether (sulfide) groups is 1. The lowest BCUT2D eigenvalue weighted by Crippen LogP contribution is -2.33. The fourth-order valence-electron chi connectivity index (χ4n) is 2.18. The normalized spacial score (nSPS) is 17.9. The lowest BCUT2D eigenvalue weighted by molar-refractivity contribution is -0.103. The van der Waals surface area contributed by atoms with E-state index in [-0.39, 0.29) is 5.41 Å². The van der Waals surface area contributed by atoms with Crippen molar-refractivity contribution in [1.29, 1.82) is 0 Å². The quantitative estimate of drug-likeness (QED) is 0.759. The molecule has 0 radical (unpaired) electrons. The van der Waals surface area contributed by atoms with Crippen LogP contribution in [0.25, 0.3) is 0 Å². The zero-order chi connectivity index (χ0) is 12.3. The van der Waals surface area contributed by atoms with Crippen molar-refractivity contribution in [2.24, 2.45) is 10.4 Å². The van der Waals surface area contributed by atoms with Gasteiger partial charge in [0.25, 0.3) is 0 Å². The van der Waals surface area contributed by atoms with Gasteiger partial charge in [0.05, 0.1) is 11.4 Å². The molecule has 0 atom stereocenters. The van der Waals surface area contributed by atoms with E-state index in [4.69, 9.17) is 0 Å². The topological polar surface area (TPSA) is 29.4 Å². The van der Waals surface area contributed by atoms with Gasteiger partial charge in [0.15, 0.2) is 6.29 Å². The molecule has 0 aliphatic carbocycles. The molecule has 0 bridgehead atoms. The van der Waals surface area contributed by atoms with E-state index in [1.165, 1.54) is 4.90 Å². The van der Waals surface area contributed by atoms with E-state index in [2.05, 4.69) is 24.9 Å². The fourth-order valence-corrected chi connectivity index (χ4v) is 3.60. The first kappa shape index (κ1) is 12.4. The van der Waals surface area contributed by atoms with Crippen molar-refractivity contribution >= 4 is 29.4 Å². The number of nitrogens with zero attached hydrogens (tertiary/aromatic N) is 1. The summed E-state index contributed by atoms with van der Waals surface area (Å²) in [6, 6.07) is 8.05. The summed E-state index contributed by atoms with van der Waals surface area (Å²) in [5.74, 6) is 0.939.